The Bertz CT molecular complexity index is 776. The minimum Gasteiger partial charge on any atom is -0.459 e. The second kappa shape index (κ2) is 8.81. The van der Waals surface area contributed by atoms with E-state index < -0.39 is 10.9 Å². The molecule has 2 rings (SSSR count). The van der Waals surface area contributed by atoms with Gasteiger partial charge in [-0.15, -0.1) is 0 Å². The molecule has 0 bridgehead atoms. The largest absolute Gasteiger partial charge is 0.459 e. The van der Waals surface area contributed by atoms with Crippen molar-refractivity contribution < 1.29 is 18.9 Å². The quantitative estimate of drug-likeness (QED) is 0.368. The fraction of sp³-hybridized carbons (Fsp3) is 0.450. The predicted octanol–water partition coefficient (Wildman–Crippen LogP) is 4.38. The average Bonchev–Trinajstić information content (AvgIpc) is 3.14. The number of nitro groups is 1. The minimum atomic E-state index is -0.518. The molecule has 0 atom stereocenters. The first-order valence-electron chi connectivity index (χ1n) is 9.00. The Hall–Kier alpha value is -2.67. The van der Waals surface area contributed by atoms with Gasteiger partial charge < -0.3 is 14.1 Å². The molecule has 0 radical (unpaired) electrons. The van der Waals surface area contributed by atoms with Crippen LogP contribution < -0.4 is 0 Å². The first-order chi connectivity index (χ1) is 12.8. The number of carbonyl (C=O) groups is 1. The van der Waals surface area contributed by atoms with E-state index >= 15 is 0 Å². The van der Waals surface area contributed by atoms with Crippen molar-refractivity contribution in [3.05, 3.63) is 52.3 Å². The Morgan fingerprint density at radius 3 is 2.33 bits per heavy atom. The van der Waals surface area contributed by atoms with Crippen molar-refractivity contribution >= 4 is 11.7 Å². The van der Waals surface area contributed by atoms with Gasteiger partial charge in [-0.2, -0.15) is 0 Å². The summed E-state index contributed by atoms with van der Waals surface area (Å²) in [5, 5.41) is 10.7. The zero-order valence-electron chi connectivity index (χ0n) is 16.2. The minimum absolute atomic E-state index is 0.000345. The molecule has 1 aromatic heterocycles. The maximum atomic E-state index is 12.3. The lowest BCUT2D eigenvalue weighted by atomic mass is 9.94. The summed E-state index contributed by atoms with van der Waals surface area (Å²) in [5.74, 6) is 0.0528. The van der Waals surface area contributed by atoms with Crippen LogP contribution in [0.3, 0.4) is 0 Å². The summed E-state index contributed by atoms with van der Waals surface area (Å²) in [6.07, 6.45) is 0. The zero-order valence-corrected chi connectivity index (χ0v) is 16.2. The molecule has 0 spiro atoms. The first kappa shape index (κ1) is 20.6. The maximum absolute atomic E-state index is 12.3. The van der Waals surface area contributed by atoms with Crippen LogP contribution in [0.15, 0.2) is 40.8 Å². The molecule has 0 aliphatic rings. The van der Waals surface area contributed by atoms with Crippen LogP contribution in [0.4, 0.5) is 5.69 Å². The van der Waals surface area contributed by atoms with E-state index in [4.69, 9.17) is 9.15 Å². The second-order valence-corrected chi connectivity index (χ2v) is 7.17. The number of furan rings is 1. The highest BCUT2D eigenvalue weighted by molar-refractivity contribution is 5.87. The summed E-state index contributed by atoms with van der Waals surface area (Å²) < 4.78 is 11.0. The summed E-state index contributed by atoms with van der Waals surface area (Å²) in [7, 11) is 0. The smallest absolute Gasteiger partial charge is 0.374 e. The van der Waals surface area contributed by atoms with E-state index in [-0.39, 0.29) is 23.5 Å². The van der Waals surface area contributed by atoms with Gasteiger partial charge in [0.15, 0.2) is 0 Å². The lowest BCUT2D eigenvalue weighted by molar-refractivity contribution is -0.384. The third-order valence-electron chi connectivity index (χ3n) is 4.31. The van der Waals surface area contributed by atoms with Crippen molar-refractivity contribution in [2.45, 2.75) is 27.7 Å². The van der Waals surface area contributed by atoms with E-state index in [1.807, 2.05) is 0 Å². The van der Waals surface area contributed by atoms with Gasteiger partial charge in [-0.3, -0.25) is 10.1 Å². The van der Waals surface area contributed by atoms with Crippen LogP contribution in [0, 0.1) is 15.5 Å². The van der Waals surface area contributed by atoms with E-state index in [0.29, 0.717) is 11.3 Å². The van der Waals surface area contributed by atoms with Crippen molar-refractivity contribution in [2.75, 3.05) is 26.2 Å². The number of carbonyl (C=O) groups excluding carboxylic acids is 1. The molecule has 2 aromatic rings. The Balaban J connectivity index is 1.99. The molecule has 0 aliphatic heterocycles. The third kappa shape index (κ3) is 5.65. The molecule has 0 saturated heterocycles. The molecule has 1 aromatic carbocycles. The molecule has 7 heteroatoms. The van der Waals surface area contributed by atoms with E-state index in [2.05, 4.69) is 32.6 Å². The SMILES string of the molecule is CCN(CC)CC(C)(C)COC(=O)c1ccc(-c2ccc([N+](=O)[O-])cc2)o1. The maximum Gasteiger partial charge on any atom is 0.374 e. The summed E-state index contributed by atoms with van der Waals surface area (Å²) in [6, 6.07) is 9.16. The Kier molecular flexibility index (Phi) is 6.74. The molecule has 0 saturated carbocycles. The monoisotopic (exact) mass is 374 g/mol. The summed E-state index contributed by atoms with van der Waals surface area (Å²) in [5.41, 5.74) is 0.483. The summed E-state index contributed by atoms with van der Waals surface area (Å²) in [6.45, 7) is 11.3. The van der Waals surface area contributed by atoms with Crippen molar-refractivity contribution in [1.29, 1.82) is 0 Å². The number of benzene rings is 1. The lowest BCUT2D eigenvalue weighted by Crippen LogP contribution is -2.37. The van der Waals surface area contributed by atoms with Crippen LogP contribution in [-0.2, 0) is 4.74 Å². The number of hydrogen-bond donors (Lipinski definition) is 0. The molecule has 0 unspecified atom stereocenters. The molecule has 0 amide bonds. The molecule has 7 nitrogen and oxygen atoms in total. The number of ether oxygens (including phenoxy) is 1. The zero-order chi connectivity index (χ0) is 20.0. The van der Waals surface area contributed by atoms with Gasteiger partial charge in [0.1, 0.15) is 5.76 Å². The number of rotatable bonds is 9. The highest BCUT2D eigenvalue weighted by atomic mass is 16.6. The van der Waals surface area contributed by atoms with Gasteiger partial charge in [0.05, 0.1) is 11.5 Å². The Labute approximate surface area is 159 Å². The van der Waals surface area contributed by atoms with Crippen molar-refractivity contribution in [1.82, 2.24) is 4.90 Å². The van der Waals surface area contributed by atoms with Crippen LogP contribution in [0.2, 0.25) is 0 Å². The average molecular weight is 374 g/mol. The van der Waals surface area contributed by atoms with Crippen LogP contribution >= 0.6 is 0 Å². The van der Waals surface area contributed by atoms with E-state index in [1.54, 1.807) is 24.3 Å². The van der Waals surface area contributed by atoms with E-state index in [1.165, 1.54) is 12.1 Å². The molecule has 1 heterocycles. The Morgan fingerprint density at radius 2 is 1.78 bits per heavy atom. The first-order valence-corrected chi connectivity index (χ1v) is 9.00. The van der Waals surface area contributed by atoms with Crippen molar-refractivity contribution in [3.63, 3.8) is 0 Å². The fourth-order valence-electron chi connectivity index (χ4n) is 2.78. The van der Waals surface area contributed by atoms with Gasteiger partial charge in [0.25, 0.3) is 5.69 Å². The number of nitro benzene ring substituents is 1. The van der Waals surface area contributed by atoms with Crippen molar-refractivity contribution in [2.24, 2.45) is 5.41 Å². The van der Waals surface area contributed by atoms with Gasteiger partial charge in [0, 0.05) is 29.7 Å². The topological polar surface area (TPSA) is 85.8 Å². The van der Waals surface area contributed by atoms with Crippen LogP contribution in [0.1, 0.15) is 38.2 Å². The highest BCUT2D eigenvalue weighted by Crippen LogP contribution is 2.25. The molecule has 146 valence electrons. The Morgan fingerprint density at radius 1 is 1.15 bits per heavy atom. The normalized spacial score (nSPS) is 11.6. The van der Waals surface area contributed by atoms with E-state index in [0.717, 1.165) is 19.6 Å². The van der Waals surface area contributed by atoms with Gasteiger partial charge in [-0.25, -0.2) is 4.79 Å². The van der Waals surface area contributed by atoms with Gasteiger partial charge in [0.2, 0.25) is 5.76 Å². The predicted molar refractivity (Wildman–Crippen MR) is 103 cm³/mol. The number of non-ortho nitro benzene ring substituents is 1. The number of nitrogens with zero attached hydrogens (tertiary/aromatic N) is 2. The van der Waals surface area contributed by atoms with Gasteiger partial charge in [-0.1, -0.05) is 27.7 Å². The molecule has 0 fully saturated rings. The number of hydrogen-bond acceptors (Lipinski definition) is 6. The lowest BCUT2D eigenvalue weighted by Gasteiger charge is -2.30. The fourth-order valence-corrected chi connectivity index (χ4v) is 2.78. The van der Waals surface area contributed by atoms with Crippen LogP contribution in [-0.4, -0.2) is 42.0 Å². The second-order valence-electron chi connectivity index (χ2n) is 7.17. The highest BCUT2D eigenvalue weighted by Gasteiger charge is 2.24. The van der Waals surface area contributed by atoms with Crippen LogP contribution in [0.5, 0.6) is 0 Å². The third-order valence-corrected chi connectivity index (χ3v) is 4.31. The number of esters is 1. The molecule has 27 heavy (non-hydrogen) atoms. The van der Waals surface area contributed by atoms with Gasteiger partial charge >= 0.3 is 5.97 Å². The standard InChI is InChI=1S/C20H26N2O5/c1-5-21(6-2)13-20(3,4)14-26-19(23)18-12-11-17(27-18)15-7-9-16(10-8-15)22(24)25/h7-12H,5-6,13-14H2,1-4H3. The molecule has 0 N–H and O–H groups in total. The summed E-state index contributed by atoms with van der Waals surface area (Å²) in [4.78, 5) is 24.8. The van der Waals surface area contributed by atoms with E-state index in [9.17, 15) is 14.9 Å². The van der Waals surface area contributed by atoms with Gasteiger partial charge in [-0.05, 0) is 37.4 Å². The molecular formula is C20H26N2O5. The molecule has 0 aliphatic carbocycles. The van der Waals surface area contributed by atoms with Crippen LogP contribution in [0.25, 0.3) is 11.3 Å². The molecular weight excluding hydrogens is 348 g/mol. The van der Waals surface area contributed by atoms with Crippen molar-refractivity contribution in [3.8, 4) is 11.3 Å². The summed E-state index contributed by atoms with van der Waals surface area (Å²) >= 11 is 0.